The van der Waals surface area contributed by atoms with Gasteiger partial charge < -0.3 is 9.64 Å². The molecule has 0 aliphatic heterocycles. The van der Waals surface area contributed by atoms with Crippen LogP contribution in [0.5, 0.6) is 5.75 Å². The second-order valence-corrected chi connectivity index (χ2v) is 6.73. The molecule has 2 aromatic heterocycles. The highest BCUT2D eigenvalue weighted by Gasteiger charge is 2.15. The molecule has 0 unspecified atom stereocenters. The van der Waals surface area contributed by atoms with E-state index in [-0.39, 0.29) is 12.5 Å². The third-order valence-corrected chi connectivity index (χ3v) is 4.84. The van der Waals surface area contributed by atoms with Gasteiger partial charge in [-0.1, -0.05) is 24.3 Å². The Bertz CT molecular complexity index is 872. The van der Waals surface area contributed by atoms with E-state index in [9.17, 15) is 4.79 Å². The molecule has 25 heavy (non-hydrogen) atoms. The second kappa shape index (κ2) is 8.09. The minimum Gasteiger partial charge on any atom is -0.492 e. The molecule has 3 aromatic rings. The molecule has 130 valence electrons. The van der Waals surface area contributed by atoms with E-state index in [1.54, 1.807) is 27.9 Å². The number of nitrogens with zero attached hydrogens (tertiary/aromatic N) is 3. The number of nitrogens with one attached hydrogen (secondary N) is 1. The van der Waals surface area contributed by atoms with Crippen molar-refractivity contribution in [3.63, 3.8) is 0 Å². The summed E-state index contributed by atoms with van der Waals surface area (Å²) in [5, 5.41) is 8.96. The van der Waals surface area contributed by atoms with Crippen LogP contribution in [0.1, 0.15) is 0 Å². The van der Waals surface area contributed by atoms with Gasteiger partial charge in [-0.15, -0.1) is 11.3 Å². The van der Waals surface area contributed by atoms with E-state index in [1.165, 1.54) is 0 Å². The number of H-pyrrole nitrogens is 1. The van der Waals surface area contributed by atoms with Crippen LogP contribution in [0.15, 0.2) is 47.8 Å². The summed E-state index contributed by atoms with van der Waals surface area (Å²) >= 11 is 6.81. The first kappa shape index (κ1) is 17.4. The van der Waals surface area contributed by atoms with Crippen LogP contribution in [0.25, 0.3) is 10.7 Å². The number of thiophene rings is 1. The standard InChI is InChI=1S/C17H18N4O2S2/c1-20(9-10-23-13-6-3-2-4-7-13)15(22)12-21-16(18-19-17(21)24)14-8-5-11-25-14/h2-8,11H,9-10,12H2,1H3,(H,19,24). The van der Waals surface area contributed by atoms with Gasteiger partial charge in [-0.25, -0.2) is 0 Å². The molecular weight excluding hydrogens is 356 g/mol. The Kier molecular flexibility index (Phi) is 5.62. The zero-order valence-electron chi connectivity index (χ0n) is 13.7. The monoisotopic (exact) mass is 374 g/mol. The molecule has 1 aromatic carbocycles. The molecule has 0 bridgehead atoms. The van der Waals surface area contributed by atoms with Gasteiger partial charge in [-0.05, 0) is 35.8 Å². The predicted octanol–water partition coefficient (Wildman–Crippen LogP) is 3.21. The Morgan fingerprint density at radius 1 is 1.32 bits per heavy atom. The van der Waals surface area contributed by atoms with Gasteiger partial charge in [0.2, 0.25) is 5.91 Å². The lowest BCUT2D eigenvalue weighted by atomic mass is 10.3. The van der Waals surface area contributed by atoms with Crippen LogP contribution in [-0.2, 0) is 11.3 Å². The van der Waals surface area contributed by atoms with E-state index >= 15 is 0 Å². The van der Waals surface area contributed by atoms with E-state index in [0.717, 1.165) is 10.6 Å². The maximum atomic E-state index is 12.5. The maximum absolute atomic E-state index is 12.5. The number of carbonyl (C=O) groups excluding carboxylic acids is 1. The number of likely N-dealkylation sites (N-methyl/N-ethyl adjacent to an activating group) is 1. The Labute approximate surface area is 154 Å². The number of amides is 1. The highest BCUT2D eigenvalue weighted by atomic mass is 32.1. The van der Waals surface area contributed by atoms with Crippen LogP contribution in [0.3, 0.4) is 0 Å². The summed E-state index contributed by atoms with van der Waals surface area (Å²) in [5.74, 6) is 1.43. The number of hydrogen-bond acceptors (Lipinski definition) is 5. The number of hydrogen-bond donors (Lipinski definition) is 1. The number of rotatable bonds is 7. The molecule has 6 nitrogen and oxygen atoms in total. The van der Waals surface area contributed by atoms with Gasteiger partial charge in [0, 0.05) is 7.05 Å². The van der Waals surface area contributed by atoms with Crippen molar-refractivity contribution in [2.45, 2.75) is 6.54 Å². The van der Waals surface area contributed by atoms with Crippen LogP contribution in [-0.4, -0.2) is 45.8 Å². The fourth-order valence-corrected chi connectivity index (χ4v) is 3.17. The Morgan fingerprint density at radius 3 is 2.84 bits per heavy atom. The topological polar surface area (TPSA) is 63.1 Å². The SMILES string of the molecule is CN(CCOc1ccccc1)C(=O)Cn1c(-c2cccs2)n[nH]c1=S. The van der Waals surface area contributed by atoms with Gasteiger partial charge in [0.15, 0.2) is 10.6 Å². The number of para-hydroxylation sites is 1. The Morgan fingerprint density at radius 2 is 2.12 bits per heavy atom. The minimum absolute atomic E-state index is 0.0491. The van der Waals surface area contributed by atoms with E-state index in [2.05, 4.69) is 10.2 Å². The third-order valence-electron chi connectivity index (χ3n) is 3.66. The number of aromatic amines is 1. The summed E-state index contributed by atoms with van der Waals surface area (Å²) in [6.45, 7) is 1.07. The predicted molar refractivity (Wildman–Crippen MR) is 100 cm³/mol. The minimum atomic E-state index is -0.0491. The van der Waals surface area contributed by atoms with Crippen molar-refractivity contribution in [2.24, 2.45) is 0 Å². The molecule has 0 atom stereocenters. The summed E-state index contributed by atoms with van der Waals surface area (Å²) in [5.41, 5.74) is 0. The van der Waals surface area contributed by atoms with E-state index < -0.39 is 0 Å². The highest BCUT2D eigenvalue weighted by molar-refractivity contribution is 7.71. The molecule has 0 aliphatic rings. The lowest BCUT2D eigenvalue weighted by Gasteiger charge is -2.18. The molecule has 1 amide bonds. The van der Waals surface area contributed by atoms with Gasteiger partial charge in [0.05, 0.1) is 11.4 Å². The van der Waals surface area contributed by atoms with Gasteiger partial charge in [-0.2, -0.15) is 5.10 Å². The largest absolute Gasteiger partial charge is 0.492 e. The van der Waals surface area contributed by atoms with Crippen molar-refractivity contribution in [1.29, 1.82) is 0 Å². The third kappa shape index (κ3) is 4.34. The molecule has 0 aliphatic carbocycles. The maximum Gasteiger partial charge on any atom is 0.242 e. The quantitative estimate of drug-likeness (QED) is 0.645. The van der Waals surface area contributed by atoms with Crippen molar-refractivity contribution in [1.82, 2.24) is 19.7 Å². The second-order valence-electron chi connectivity index (χ2n) is 5.39. The number of aromatic nitrogens is 3. The van der Waals surface area contributed by atoms with Crippen LogP contribution in [0, 0.1) is 4.77 Å². The van der Waals surface area contributed by atoms with E-state index in [4.69, 9.17) is 17.0 Å². The first-order chi connectivity index (χ1) is 12.1. The summed E-state index contributed by atoms with van der Waals surface area (Å²) in [6.07, 6.45) is 0. The molecule has 8 heteroatoms. The molecule has 0 radical (unpaired) electrons. The van der Waals surface area contributed by atoms with Crippen LogP contribution in [0.4, 0.5) is 0 Å². The van der Waals surface area contributed by atoms with Crippen molar-refractivity contribution in [3.8, 4) is 16.5 Å². The zero-order chi connectivity index (χ0) is 17.6. The number of carbonyl (C=O) groups is 1. The molecule has 0 fully saturated rings. The summed E-state index contributed by atoms with van der Waals surface area (Å²) in [4.78, 5) is 15.1. The van der Waals surface area contributed by atoms with E-state index in [1.807, 2.05) is 47.8 Å². The van der Waals surface area contributed by atoms with Gasteiger partial charge in [0.25, 0.3) is 0 Å². The van der Waals surface area contributed by atoms with Crippen LogP contribution >= 0.6 is 23.6 Å². The number of benzene rings is 1. The Balaban J connectivity index is 1.59. The summed E-state index contributed by atoms with van der Waals surface area (Å²) in [6, 6.07) is 13.4. The first-order valence-corrected chi connectivity index (χ1v) is 9.05. The number of ether oxygens (including phenoxy) is 1. The molecule has 0 spiro atoms. The van der Waals surface area contributed by atoms with Crippen molar-refractivity contribution in [2.75, 3.05) is 20.2 Å². The highest BCUT2D eigenvalue weighted by Crippen LogP contribution is 2.22. The molecule has 2 heterocycles. The molecule has 0 saturated heterocycles. The van der Waals surface area contributed by atoms with E-state index in [0.29, 0.717) is 23.7 Å². The molecule has 1 N–H and O–H groups in total. The van der Waals surface area contributed by atoms with Crippen LogP contribution < -0.4 is 4.74 Å². The fraction of sp³-hybridized carbons (Fsp3) is 0.235. The van der Waals surface area contributed by atoms with Gasteiger partial charge in [-0.3, -0.25) is 14.5 Å². The zero-order valence-corrected chi connectivity index (χ0v) is 15.3. The van der Waals surface area contributed by atoms with Gasteiger partial charge in [0.1, 0.15) is 18.9 Å². The molecular formula is C17H18N4O2S2. The average molecular weight is 374 g/mol. The van der Waals surface area contributed by atoms with Crippen molar-refractivity contribution >= 4 is 29.5 Å². The van der Waals surface area contributed by atoms with Crippen molar-refractivity contribution in [3.05, 3.63) is 52.6 Å². The lowest BCUT2D eigenvalue weighted by molar-refractivity contribution is -0.130. The first-order valence-electron chi connectivity index (χ1n) is 7.76. The Hall–Kier alpha value is -2.45. The van der Waals surface area contributed by atoms with Crippen molar-refractivity contribution < 1.29 is 9.53 Å². The normalized spacial score (nSPS) is 10.6. The van der Waals surface area contributed by atoms with Gasteiger partial charge >= 0.3 is 0 Å². The summed E-state index contributed by atoms with van der Waals surface area (Å²) < 4.78 is 7.79. The lowest BCUT2D eigenvalue weighted by Crippen LogP contribution is -2.33. The smallest absolute Gasteiger partial charge is 0.242 e. The average Bonchev–Trinajstić information content (AvgIpc) is 3.26. The molecule has 0 saturated carbocycles. The molecule has 3 rings (SSSR count). The fourth-order valence-electron chi connectivity index (χ4n) is 2.26. The van der Waals surface area contributed by atoms with Crippen LogP contribution in [0.2, 0.25) is 0 Å². The summed E-state index contributed by atoms with van der Waals surface area (Å²) in [7, 11) is 1.76.